The predicted molar refractivity (Wildman–Crippen MR) is 112 cm³/mol. The van der Waals surface area contributed by atoms with Gasteiger partial charge in [0.05, 0.1) is 9.80 Å². The van der Waals surface area contributed by atoms with E-state index in [2.05, 4.69) is 10.3 Å². The van der Waals surface area contributed by atoms with Crippen molar-refractivity contribution >= 4 is 39.1 Å². The molecule has 1 aromatic carbocycles. The summed E-state index contributed by atoms with van der Waals surface area (Å²) in [7, 11) is 0. The third kappa shape index (κ3) is 3.24. The molecule has 150 valence electrons. The summed E-state index contributed by atoms with van der Waals surface area (Å²) in [5.74, 6) is 1.29. The summed E-state index contributed by atoms with van der Waals surface area (Å²) in [5.41, 5.74) is 0.120. The summed E-state index contributed by atoms with van der Waals surface area (Å²) < 4.78 is 0. The van der Waals surface area contributed by atoms with Crippen molar-refractivity contribution in [3.8, 4) is 21.9 Å². The fourth-order valence-electron chi connectivity index (χ4n) is 5.84. The number of aromatic hydroxyl groups is 2. The van der Waals surface area contributed by atoms with Crippen LogP contribution in [-0.2, 0) is 0 Å². The van der Waals surface area contributed by atoms with Gasteiger partial charge in [-0.1, -0.05) is 11.3 Å². The molecule has 0 radical (unpaired) electrons. The largest absolute Gasteiger partial charge is 0.504 e. The van der Waals surface area contributed by atoms with E-state index < -0.39 is 22.1 Å². The minimum absolute atomic E-state index is 0. The smallest absolute Gasteiger partial charge is 0.315 e. The fraction of sp³-hybridized carbons (Fsp3) is 0.526. The lowest BCUT2D eigenvalue weighted by molar-refractivity contribution is -0.385. The first-order valence-corrected chi connectivity index (χ1v) is 10.2. The highest BCUT2D eigenvalue weighted by Gasteiger charge is 2.51. The molecule has 9 heteroatoms. The van der Waals surface area contributed by atoms with E-state index in [1.54, 1.807) is 6.20 Å². The Balaban J connectivity index is 0.00000192. The van der Waals surface area contributed by atoms with Crippen molar-refractivity contribution in [1.29, 1.82) is 0 Å². The van der Waals surface area contributed by atoms with E-state index >= 15 is 0 Å². The number of rotatable bonds is 4. The quantitative estimate of drug-likeness (QED) is 0.328. The van der Waals surface area contributed by atoms with Gasteiger partial charge in [0.1, 0.15) is 0 Å². The van der Waals surface area contributed by atoms with Gasteiger partial charge in [-0.05, 0) is 62.3 Å². The molecule has 3 N–H and O–H groups in total. The minimum atomic E-state index is -0.708. The van der Waals surface area contributed by atoms with Crippen LogP contribution in [0.1, 0.15) is 38.5 Å². The van der Waals surface area contributed by atoms with Crippen molar-refractivity contribution in [3.05, 3.63) is 28.4 Å². The van der Waals surface area contributed by atoms with Crippen LogP contribution in [-0.4, -0.2) is 25.7 Å². The van der Waals surface area contributed by atoms with E-state index in [-0.39, 0.29) is 22.5 Å². The number of nitrogens with one attached hydrogen (secondary N) is 1. The summed E-state index contributed by atoms with van der Waals surface area (Å²) in [6.07, 6.45) is 9.42. The van der Waals surface area contributed by atoms with Gasteiger partial charge >= 0.3 is 5.69 Å². The summed E-state index contributed by atoms with van der Waals surface area (Å²) >= 11 is 1.43. The zero-order valence-corrected chi connectivity index (χ0v) is 17.7. The first-order valence-electron chi connectivity index (χ1n) is 9.35. The highest BCUT2D eigenvalue weighted by Crippen LogP contribution is 2.57. The van der Waals surface area contributed by atoms with Crippen molar-refractivity contribution in [1.82, 2.24) is 4.98 Å². The number of phenolic OH excluding ortho intramolecular Hbond substituents is 2. The van der Waals surface area contributed by atoms with E-state index in [4.69, 9.17) is 0 Å². The number of thiazole rings is 1. The van der Waals surface area contributed by atoms with Gasteiger partial charge in [0.15, 0.2) is 10.9 Å². The molecule has 0 saturated heterocycles. The molecule has 0 aliphatic heterocycles. The van der Waals surface area contributed by atoms with Crippen molar-refractivity contribution in [2.24, 2.45) is 17.8 Å². The number of hydrogen-bond donors (Lipinski definition) is 3. The van der Waals surface area contributed by atoms with Crippen LogP contribution < -0.4 is 5.32 Å². The molecule has 7 nitrogen and oxygen atoms in total. The zero-order valence-electron chi connectivity index (χ0n) is 15.1. The number of phenols is 2. The summed E-state index contributed by atoms with van der Waals surface area (Å²) in [6.45, 7) is 0. The molecule has 4 bridgehead atoms. The topological polar surface area (TPSA) is 109 Å². The van der Waals surface area contributed by atoms with Crippen LogP contribution in [0.25, 0.3) is 10.4 Å². The maximum absolute atomic E-state index is 11.1. The molecule has 4 aliphatic carbocycles. The molecule has 6 rings (SSSR count). The molecule has 4 saturated carbocycles. The van der Waals surface area contributed by atoms with Crippen LogP contribution in [0.5, 0.6) is 11.5 Å². The van der Waals surface area contributed by atoms with E-state index in [9.17, 15) is 20.3 Å². The fourth-order valence-corrected chi connectivity index (χ4v) is 6.76. The Morgan fingerprint density at radius 3 is 2.32 bits per heavy atom. The highest BCUT2D eigenvalue weighted by atomic mass is 79.9. The predicted octanol–water partition coefficient (Wildman–Crippen LogP) is 5.09. The number of nitro groups is 1. The van der Waals surface area contributed by atoms with Gasteiger partial charge in [0.2, 0.25) is 5.75 Å². The Kier molecular flexibility index (Phi) is 4.78. The van der Waals surface area contributed by atoms with Crippen molar-refractivity contribution in [2.75, 3.05) is 5.32 Å². The molecule has 1 heterocycles. The first-order chi connectivity index (χ1) is 12.9. The van der Waals surface area contributed by atoms with Gasteiger partial charge in [-0.25, -0.2) is 4.98 Å². The second-order valence-corrected chi connectivity index (χ2v) is 9.50. The number of hydrogen-bond acceptors (Lipinski definition) is 7. The molecule has 2 aromatic rings. The molecular weight excluding hydrogens is 446 g/mol. The van der Waals surface area contributed by atoms with Crippen LogP contribution in [0.3, 0.4) is 0 Å². The van der Waals surface area contributed by atoms with E-state index in [1.165, 1.54) is 62.0 Å². The first kappa shape index (κ1) is 19.4. The van der Waals surface area contributed by atoms with Crippen LogP contribution in [0.15, 0.2) is 18.3 Å². The Labute approximate surface area is 176 Å². The van der Waals surface area contributed by atoms with Gasteiger partial charge < -0.3 is 15.5 Å². The molecule has 0 unspecified atom stereocenters. The van der Waals surface area contributed by atoms with Gasteiger partial charge in [-0.3, -0.25) is 10.1 Å². The highest BCUT2D eigenvalue weighted by molar-refractivity contribution is 8.93. The van der Waals surface area contributed by atoms with Gasteiger partial charge in [0, 0.05) is 23.4 Å². The summed E-state index contributed by atoms with van der Waals surface area (Å²) in [6, 6.07) is 2.61. The van der Waals surface area contributed by atoms with Crippen molar-refractivity contribution in [3.63, 3.8) is 0 Å². The molecule has 4 aliphatic rings. The summed E-state index contributed by atoms with van der Waals surface area (Å²) in [5, 5.41) is 35.1. The molecule has 4 fully saturated rings. The van der Waals surface area contributed by atoms with Crippen LogP contribution >= 0.6 is 28.3 Å². The van der Waals surface area contributed by atoms with Crippen LogP contribution in [0.2, 0.25) is 0 Å². The standard InChI is InChI=1S/C19H21N3O4S.BrH/c23-15-5-13(4-14(17(15)24)22(25)26)16-9-20-18(27-16)21-19-6-10-1-11(7-19)3-12(2-10)8-19;/h4-5,9-12,23-24H,1-3,6-8H2,(H,20,21);1H. The third-order valence-corrected chi connectivity index (χ3v) is 7.43. The van der Waals surface area contributed by atoms with Crippen molar-refractivity contribution < 1.29 is 15.1 Å². The molecular formula is C19H22BrN3O4S. The van der Waals surface area contributed by atoms with Crippen LogP contribution in [0, 0.1) is 27.9 Å². The van der Waals surface area contributed by atoms with Crippen molar-refractivity contribution in [2.45, 2.75) is 44.1 Å². The minimum Gasteiger partial charge on any atom is -0.504 e. The number of nitro benzene ring substituents is 1. The molecule has 1 aromatic heterocycles. The number of halogens is 1. The average Bonchev–Trinajstić information content (AvgIpc) is 3.03. The molecule has 0 atom stereocenters. The van der Waals surface area contributed by atoms with E-state index in [0.717, 1.165) is 27.8 Å². The number of anilines is 1. The zero-order chi connectivity index (χ0) is 18.8. The second-order valence-electron chi connectivity index (χ2n) is 8.47. The monoisotopic (exact) mass is 467 g/mol. The van der Waals surface area contributed by atoms with Gasteiger partial charge in [-0.15, -0.1) is 17.0 Å². The van der Waals surface area contributed by atoms with Crippen LogP contribution in [0.4, 0.5) is 10.8 Å². The Morgan fingerprint density at radius 1 is 1.14 bits per heavy atom. The average molecular weight is 468 g/mol. The Hall–Kier alpha value is -1.87. The van der Waals surface area contributed by atoms with E-state index in [1.807, 2.05) is 0 Å². The number of aromatic nitrogens is 1. The molecule has 0 spiro atoms. The Bertz CT molecular complexity index is 897. The van der Waals surface area contributed by atoms with Gasteiger partial charge in [0.25, 0.3) is 0 Å². The second kappa shape index (κ2) is 6.88. The molecule has 28 heavy (non-hydrogen) atoms. The summed E-state index contributed by atoms with van der Waals surface area (Å²) in [4.78, 5) is 15.6. The third-order valence-electron chi connectivity index (χ3n) is 6.47. The number of benzene rings is 1. The normalized spacial score (nSPS) is 30.1. The maximum atomic E-state index is 11.1. The van der Waals surface area contributed by atoms with E-state index in [0.29, 0.717) is 5.56 Å². The SMILES string of the molecule is Br.O=[N+]([O-])c1cc(-c2cnc(NC34CC5CC(CC(C5)C3)C4)s2)cc(O)c1O. The van der Waals surface area contributed by atoms with Gasteiger partial charge in [-0.2, -0.15) is 0 Å². The lowest BCUT2D eigenvalue weighted by atomic mass is 9.53. The molecule has 0 amide bonds. The number of nitrogens with zero attached hydrogens (tertiary/aromatic N) is 2. The maximum Gasteiger partial charge on any atom is 0.315 e. The lowest BCUT2D eigenvalue weighted by Gasteiger charge is -2.56. The lowest BCUT2D eigenvalue weighted by Crippen LogP contribution is -2.54. The Morgan fingerprint density at radius 2 is 1.75 bits per heavy atom.